The van der Waals surface area contributed by atoms with Gasteiger partial charge in [-0.1, -0.05) is 57.2 Å². The van der Waals surface area contributed by atoms with Crippen LogP contribution in [-0.4, -0.2) is 15.7 Å². The number of para-hydroxylation sites is 2. The van der Waals surface area contributed by atoms with Gasteiger partial charge in [-0.2, -0.15) is 0 Å². The molecule has 5 heteroatoms. The van der Waals surface area contributed by atoms with Gasteiger partial charge in [0, 0.05) is 0 Å². The number of rotatable bonds is 5. The number of amides is 2. The Bertz CT molecular complexity index is 852. The topological polar surface area (TPSA) is 59.0 Å². The number of fused-ring (bicyclic) bond motifs is 1. The smallest absolute Gasteiger partial charge is 0.330 e. The van der Waals surface area contributed by atoms with Gasteiger partial charge in [0.1, 0.15) is 6.33 Å². The molecule has 0 aliphatic carbocycles. The molecular formula is C20H24N4O. The van der Waals surface area contributed by atoms with Crippen molar-refractivity contribution in [1.82, 2.24) is 15.0 Å². The van der Waals surface area contributed by atoms with Gasteiger partial charge in [0.25, 0.3) is 0 Å². The monoisotopic (exact) mass is 336 g/mol. The van der Waals surface area contributed by atoms with Gasteiger partial charge in [-0.15, -0.1) is 0 Å². The van der Waals surface area contributed by atoms with Crippen LogP contribution in [0.2, 0.25) is 0 Å². The van der Waals surface area contributed by atoms with Crippen LogP contribution in [0.15, 0.2) is 54.9 Å². The number of hydrogen-bond acceptors (Lipinski definition) is 2. The van der Waals surface area contributed by atoms with Crippen molar-refractivity contribution in [1.29, 1.82) is 0 Å². The summed E-state index contributed by atoms with van der Waals surface area (Å²) in [5.74, 6) is 0.276. The molecule has 0 aliphatic rings. The maximum absolute atomic E-state index is 12.5. The lowest BCUT2D eigenvalue weighted by Crippen LogP contribution is -2.38. The van der Waals surface area contributed by atoms with E-state index in [-0.39, 0.29) is 18.0 Å². The molecule has 25 heavy (non-hydrogen) atoms. The van der Waals surface area contributed by atoms with E-state index in [4.69, 9.17) is 0 Å². The first-order chi connectivity index (χ1) is 12.1. The van der Waals surface area contributed by atoms with Gasteiger partial charge in [0.05, 0.1) is 17.1 Å². The second kappa shape index (κ2) is 7.38. The molecule has 130 valence electrons. The van der Waals surface area contributed by atoms with Crippen LogP contribution in [0.25, 0.3) is 11.0 Å². The summed E-state index contributed by atoms with van der Waals surface area (Å²) in [5, 5.41) is 3.07. The van der Waals surface area contributed by atoms with Crippen LogP contribution < -0.4 is 10.7 Å². The fourth-order valence-corrected chi connectivity index (χ4v) is 2.93. The molecule has 0 saturated heterocycles. The van der Waals surface area contributed by atoms with Gasteiger partial charge in [0.2, 0.25) is 0 Å². The fraction of sp³-hybridized carbons (Fsp3) is 0.300. The molecule has 0 fully saturated rings. The Kier molecular flexibility index (Phi) is 5.03. The molecule has 1 heterocycles. The molecule has 0 bridgehead atoms. The first kappa shape index (κ1) is 17.0. The Labute approximate surface area is 148 Å². The molecule has 3 aromatic rings. The molecule has 5 nitrogen and oxygen atoms in total. The van der Waals surface area contributed by atoms with Crippen LogP contribution in [-0.2, 0) is 6.42 Å². The molecule has 0 unspecified atom stereocenters. The van der Waals surface area contributed by atoms with Crippen LogP contribution in [0.1, 0.15) is 37.9 Å². The number of hydrogen-bond donors (Lipinski definition) is 2. The molecule has 0 radical (unpaired) electrons. The van der Waals surface area contributed by atoms with Crippen LogP contribution in [0, 0.1) is 5.92 Å². The quantitative estimate of drug-likeness (QED) is 0.732. The van der Waals surface area contributed by atoms with Crippen molar-refractivity contribution < 1.29 is 4.79 Å². The van der Waals surface area contributed by atoms with Crippen molar-refractivity contribution in [3.05, 3.63) is 66.0 Å². The van der Waals surface area contributed by atoms with E-state index in [0.717, 1.165) is 23.0 Å². The average molecular weight is 336 g/mol. The normalized spacial score (nSPS) is 12.3. The summed E-state index contributed by atoms with van der Waals surface area (Å²) >= 11 is 0. The summed E-state index contributed by atoms with van der Waals surface area (Å²) in [6.45, 7) is 6.34. The zero-order chi connectivity index (χ0) is 17.8. The van der Waals surface area contributed by atoms with E-state index in [1.54, 1.807) is 11.0 Å². The van der Waals surface area contributed by atoms with Crippen LogP contribution in [0.5, 0.6) is 0 Å². The average Bonchev–Trinajstić information content (AvgIpc) is 3.03. The summed E-state index contributed by atoms with van der Waals surface area (Å²) < 4.78 is 1.64. The molecular weight excluding hydrogens is 312 g/mol. The number of aromatic nitrogens is 2. The first-order valence-corrected chi connectivity index (χ1v) is 8.67. The third kappa shape index (κ3) is 3.82. The van der Waals surface area contributed by atoms with Crippen LogP contribution in [0.3, 0.4) is 0 Å². The highest BCUT2D eigenvalue weighted by Gasteiger charge is 2.18. The highest BCUT2D eigenvalue weighted by atomic mass is 16.2. The molecule has 1 aromatic heterocycles. The molecule has 2 aromatic carbocycles. The number of nitrogens with zero attached hydrogens (tertiary/aromatic N) is 2. The highest BCUT2D eigenvalue weighted by Crippen LogP contribution is 2.22. The summed E-state index contributed by atoms with van der Waals surface area (Å²) in [7, 11) is 0. The summed E-state index contributed by atoms with van der Waals surface area (Å²) in [6.07, 6.45) is 2.62. The predicted molar refractivity (Wildman–Crippen MR) is 101 cm³/mol. The van der Waals surface area contributed by atoms with E-state index in [1.807, 2.05) is 24.3 Å². The molecule has 0 saturated carbocycles. The van der Waals surface area contributed by atoms with Crippen molar-refractivity contribution in [3.63, 3.8) is 0 Å². The lowest BCUT2D eigenvalue weighted by Gasteiger charge is -2.23. The van der Waals surface area contributed by atoms with E-state index in [9.17, 15) is 4.79 Å². The molecule has 1 atom stereocenters. The first-order valence-electron chi connectivity index (χ1n) is 8.67. The van der Waals surface area contributed by atoms with Gasteiger partial charge in [0.15, 0.2) is 0 Å². The number of urea groups is 1. The van der Waals surface area contributed by atoms with Crippen molar-refractivity contribution in [2.75, 3.05) is 5.43 Å². The second-order valence-electron chi connectivity index (χ2n) is 6.51. The molecule has 0 spiro atoms. The second-order valence-corrected chi connectivity index (χ2v) is 6.51. The SMILES string of the molecule is CCc1ccc([C@H](NC(=O)Nn2cnc3ccccc32)C(C)C)cc1. The third-order valence-corrected chi connectivity index (χ3v) is 4.38. The maximum Gasteiger partial charge on any atom is 0.334 e. The highest BCUT2D eigenvalue weighted by molar-refractivity contribution is 5.85. The summed E-state index contributed by atoms with van der Waals surface area (Å²) in [5.41, 5.74) is 6.96. The molecule has 2 N–H and O–H groups in total. The van der Waals surface area contributed by atoms with Crippen molar-refractivity contribution >= 4 is 17.1 Å². The third-order valence-electron chi connectivity index (χ3n) is 4.38. The van der Waals surface area contributed by atoms with E-state index in [2.05, 4.69) is 60.8 Å². The predicted octanol–water partition coefficient (Wildman–Crippen LogP) is 4.25. The Balaban J connectivity index is 1.74. The lowest BCUT2D eigenvalue weighted by molar-refractivity contribution is 0.242. The maximum atomic E-state index is 12.5. The van der Waals surface area contributed by atoms with Gasteiger partial charge >= 0.3 is 6.03 Å². The van der Waals surface area contributed by atoms with Gasteiger partial charge in [-0.3, -0.25) is 0 Å². The lowest BCUT2D eigenvalue weighted by atomic mass is 9.95. The van der Waals surface area contributed by atoms with Crippen molar-refractivity contribution in [2.45, 2.75) is 33.2 Å². The Hall–Kier alpha value is -2.82. The Morgan fingerprint density at radius 2 is 1.84 bits per heavy atom. The summed E-state index contributed by atoms with van der Waals surface area (Å²) in [4.78, 5) is 16.8. The zero-order valence-corrected chi connectivity index (χ0v) is 14.9. The number of nitrogens with one attached hydrogen (secondary N) is 2. The number of carbonyl (C=O) groups excluding carboxylic acids is 1. The minimum atomic E-state index is -0.249. The molecule has 3 rings (SSSR count). The fourth-order valence-electron chi connectivity index (χ4n) is 2.93. The Morgan fingerprint density at radius 1 is 1.12 bits per heavy atom. The zero-order valence-electron chi connectivity index (χ0n) is 14.9. The number of aryl methyl sites for hydroxylation is 1. The van der Waals surface area contributed by atoms with Crippen LogP contribution >= 0.6 is 0 Å². The standard InChI is InChI=1S/C20H24N4O/c1-4-15-9-11-16(12-10-15)19(14(2)3)22-20(25)23-24-13-21-17-7-5-6-8-18(17)24/h5-14,19H,4H2,1-3H3,(H2,22,23,25)/t19-/m1/s1. The number of imidazole rings is 1. The van der Waals surface area contributed by atoms with Gasteiger partial charge < -0.3 is 5.32 Å². The number of benzene rings is 2. The van der Waals surface area contributed by atoms with Crippen molar-refractivity contribution in [3.8, 4) is 0 Å². The Morgan fingerprint density at radius 3 is 2.52 bits per heavy atom. The van der Waals surface area contributed by atoms with E-state index < -0.39 is 0 Å². The van der Waals surface area contributed by atoms with Crippen LogP contribution in [0.4, 0.5) is 4.79 Å². The summed E-state index contributed by atoms with van der Waals surface area (Å²) in [6, 6.07) is 15.8. The van der Waals surface area contributed by atoms with Gasteiger partial charge in [-0.05, 0) is 35.6 Å². The minimum absolute atomic E-state index is 0.0549. The van der Waals surface area contributed by atoms with E-state index in [1.165, 1.54) is 5.56 Å². The molecule has 0 aliphatic heterocycles. The molecule has 2 amide bonds. The number of carbonyl (C=O) groups is 1. The van der Waals surface area contributed by atoms with E-state index >= 15 is 0 Å². The largest absolute Gasteiger partial charge is 0.334 e. The van der Waals surface area contributed by atoms with E-state index in [0.29, 0.717) is 0 Å². The minimum Gasteiger partial charge on any atom is -0.330 e. The van der Waals surface area contributed by atoms with Crippen molar-refractivity contribution in [2.24, 2.45) is 5.92 Å². The van der Waals surface area contributed by atoms with Gasteiger partial charge in [-0.25, -0.2) is 19.9 Å².